The van der Waals surface area contributed by atoms with E-state index in [1.165, 1.54) is 11.3 Å². The van der Waals surface area contributed by atoms with Gasteiger partial charge < -0.3 is 19.7 Å². The van der Waals surface area contributed by atoms with Crippen LogP contribution in [0.4, 0.5) is 5.69 Å². The smallest absolute Gasteiger partial charge is 0.241 e. The number of hydrogen-bond donors (Lipinski definition) is 3. The molecule has 2 aromatic heterocycles. The van der Waals surface area contributed by atoms with Crippen molar-refractivity contribution in [3.05, 3.63) is 35.5 Å². The van der Waals surface area contributed by atoms with Gasteiger partial charge in [0.2, 0.25) is 5.91 Å². The Balaban J connectivity index is 1.40. The highest BCUT2D eigenvalue weighted by Crippen LogP contribution is 2.38. The average Bonchev–Trinajstić information content (AvgIpc) is 3.40. The summed E-state index contributed by atoms with van der Waals surface area (Å²) in [5.74, 6) is -0.0129. The number of amides is 1. The number of benzene rings is 1. The third-order valence-corrected chi connectivity index (χ3v) is 6.92. The summed E-state index contributed by atoms with van der Waals surface area (Å²) in [6.07, 6.45) is 3.19. The second kappa shape index (κ2) is 8.93. The second-order valence-electron chi connectivity index (χ2n) is 9.98. The van der Waals surface area contributed by atoms with E-state index in [1.54, 1.807) is 4.90 Å². The van der Waals surface area contributed by atoms with Crippen LogP contribution in [0.3, 0.4) is 0 Å². The number of hydrogen-bond acceptors (Lipinski definition) is 5. The number of H-pyrrole nitrogens is 2. The quantitative estimate of drug-likeness (QED) is 0.535. The number of nitrogens with zero attached hydrogens (tertiary/aromatic N) is 3. The Morgan fingerprint density at radius 3 is 2.88 bits per heavy atom. The number of morpholine rings is 1. The highest BCUT2D eigenvalue weighted by Gasteiger charge is 2.29. The largest absolute Gasteiger partial charge is 0.395 e. The van der Waals surface area contributed by atoms with E-state index in [0.717, 1.165) is 60.3 Å². The van der Waals surface area contributed by atoms with Crippen LogP contribution in [0.2, 0.25) is 0 Å². The minimum atomic E-state index is -0.0847. The molecule has 0 saturated carbocycles. The van der Waals surface area contributed by atoms with Gasteiger partial charge in [-0.2, -0.15) is 5.10 Å². The van der Waals surface area contributed by atoms with Gasteiger partial charge in [-0.25, -0.2) is 0 Å². The molecule has 1 saturated heterocycles. The molecule has 0 bridgehead atoms. The van der Waals surface area contributed by atoms with Crippen molar-refractivity contribution >= 4 is 22.5 Å². The van der Waals surface area contributed by atoms with Crippen LogP contribution in [-0.4, -0.2) is 77.1 Å². The number of nitrogens with one attached hydrogen (secondary N) is 2. The number of ether oxygens (including phenoxy) is 1. The summed E-state index contributed by atoms with van der Waals surface area (Å²) in [7, 11) is 0. The molecule has 3 N–H and O–H groups in total. The predicted molar refractivity (Wildman–Crippen MR) is 128 cm³/mol. The Morgan fingerprint density at radius 2 is 2.09 bits per heavy atom. The van der Waals surface area contributed by atoms with Crippen molar-refractivity contribution in [2.75, 3.05) is 50.9 Å². The van der Waals surface area contributed by atoms with Crippen LogP contribution in [0.1, 0.15) is 31.5 Å². The predicted octanol–water partition coefficient (Wildman–Crippen LogP) is 2.73. The SMILES string of the molecule is CC1(C)CCc2c(-c3cc4ccc(N(CCO)C(=O)CN5CCOCC5)cc4[nH]3)n[nH]c2C1. The monoisotopic (exact) mass is 451 g/mol. The van der Waals surface area contributed by atoms with E-state index in [-0.39, 0.29) is 19.1 Å². The molecule has 33 heavy (non-hydrogen) atoms. The number of aromatic nitrogens is 3. The molecule has 0 spiro atoms. The molecule has 8 nitrogen and oxygen atoms in total. The molecule has 1 aliphatic heterocycles. The Hall–Kier alpha value is -2.68. The Labute approximate surface area is 193 Å². The number of rotatable bonds is 6. The molecule has 5 rings (SSSR count). The highest BCUT2D eigenvalue weighted by atomic mass is 16.5. The van der Waals surface area contributed by atoms with E-state index in [1.807, 2.05) is 18.2 Å². The standard InChI is InChI=1S/C25H33N5O3/c1-25(2)6-5-19-22(15-25)27-28-24(19)21-13-17-3-4-18(14-20(17)26-21)30(7-10-31)23(32)16-29-8-11-33-12-9-29/h3-4,13-14,26,31H,5-12,15-16H2,1-2H3,(H,27,28). The number of aromatic amines is 2. The highest BCUT2D eigenvalue weighted by molar-refractivity contribution is 5.97. The molecule has 2 aliphatic rings. The Kier molecular flexibility index (Phi) is 5.99. The van der Waals surface area contributed by atoms with E-state index < -0.39 is 0 Å². The minimum Gasteiger partial charge on any atom is -0.395 e. The summed E-state index contributed by atoms with van der Waals surface area (Å²) in [4.78, 5) is 20.3. The van der Waals surface area contributed by atoms with E-state index in [2.05, 4.69) is 40.0 Å². The first kappa shape index (κ1) is 22.1. The summed E-state index contributed by atoms with van der Waals surface area (Å²) in [5, 5.41) is 18.6. The maximum absolute atomic E-state index is 13.1. The fourth-order valence-corrected chi connectivity index (χ4v) is 5.01. The van der Waals surface area contributed by atoms with Crippen molar-refractivity contribution in [1.82, 2.24) is 20.1 Å². The molecule has 8 heteroatoms. The summed E-state index contributed by atoms with van der Waals surface area (Å²) < 4.78 is 5.38. The number of carbonyl (C=O) groups excluding carboxylic acids is 1. The van der Waals surface area contributed by atoms with Gasteiger partial charge in [0.1, 0.15) is 5.69 Å². The van der Waals surface area contributed by atoms with Crippen molar-refractivity contribution in [2.24, 2.45) is 5.41 Å². The number of carbonyl (C=O) groups is 1. The lowest BCUT2D eigenvalue weighted by Gasteiger charge is -2.29. The summed E-state index contributed by atoms with van der Waals surface area (Å²) in [6.45, 7) is 7.93. The lowest BCUT2D eigenvalue weighted by molar-refractivity contribution is -0.120. The molecule has 3 heterocycles. The van der Waals surface area contributed by atoms with Gasteiger partial charge >= 0.3 is 0 Å². The fourth-order valence-electron chi connectivity index (χ4n) is 5.01. The van der Waals surface area contributed by atoms with Crippen molar-refractivity contribution in [3.8, 4) is 11.4 Å². The van der Waals surface area contributed by atoms with Gasteiger partial charge in [-0.3, -0.25) is 14.8 Å². The maximum atomic E-state index is 13.1. The molecule has 176 valence electrons. The van der Waals surface area contributed by atoms with Crippen molar-refractivity contribution < 1.29 is 14.6 Å². The van der Waals surface area contributed by atoms with E-state index in [0.29, 0.717) is 25.2 Å². The van der Waals surface area contributed by atoms with Gasteiger partial charge in [-0.1, -0.05) is 19.9 Å². The summed E-state index contributed by atoms with van der Waals surface area (Å²) in [5.41, 5.74) is 6.58. The van der Waals surface area contributed by atoms with Gasteiger partial charge in [0, 0.05) is 47.5 Å². The zero-order valence-corrected chi connectivity index (χ0v) is 19.5. The van der Waals surface area contributed by atoms with Crippen molar-refractivity contribution in [3.63, 3.8) is 0 Å². The molecule has 3 aromatic rings. The molecule has 0 atom stereocenters. The Bertz CT molecular complexity index is 1140. The molecule has 0 unspecified atom stereocenters. The Morgan fingerprint density at radius 1 is 1.27 bits per heavy atom. The van der Waals surface area contributed by atoms with Gasteiger partial charge in [0.25, 0.3) is 0 Å². The van der Waals surface area contributed by atoms with E-state index in [4.69, 9.17) is 4.74 Å². The molecule has 0 radical (unpaired) electrons. The number of aliphatic hydroxyl groups is 1. The minimum absolute atomic E-state index is 0.0129. The molecule has 1 aliphatic carbocycles. The van der Waals surface area contributed by atoms with Crippen molar-refractivity contribution in [2.45, 2.75) is 33.1 Å². The van der Waals surface area contributed by atoms with Crippen LogP contribution >= 0.6 is 0 Å². The fraction of sp³-hybridized carbons (Fsp3) is 0.520. The zero-order valence-electron chi connectivity index (χ0n) is 19.5. The normalized spacial score (nSPS) is 18.4. The summed E-state index contributed by atoms with van der Waals surface area (Å²) in [6, 6.07) is 8.10. The van der Waals surface area contributed by atoms with Crippen LogP contribution in [0.5, 0.6) is 0 Å². The first-order valence-electron chi connectivity index (χ1n) is 11.8. The number of fused-ring (bicyclic) bond motifs is 2. The van der Waals surface area contributed by atoms with Crippen LogP contribution < -0.4 is 4.90 Å². The first-order valence-corrected chi connectivity index (χ1v) is 11.8. The molecule has 1 aromatic carbocycles. The third-order valence-electron chi connectivity index (χ3n) is 6.92. The van der Waals surface area contributed by atoms with E-state index in [9.17, 15) is 9.90 Å². The van der Waals surface area contributed by atoms with Gasteiger partial charge in [-0.05, 0) is 42.9 Å². The molecular weight excluding hydrogens is 418 g/mol. The summed E-state index contributed by atoms with van der Waals surface area (Å²) >= 11 is 0. The topological polar surface area (TPSA) is 97.5 Å². The van der Waals surface area contributed by atoms with Crippen LogP contribution in [0, 0.1) is 5.41 Å². The van der Waals surface area contributed by atoms with Gasteiger partial charge in [-0.15, -0.1) is 0 Å². The van der Waals surface area contributed by atoms with Crippen molar-refractivity contribution in [1.29, 1.82) is 0 Å². The first-order chi connectivity index (χ1) is 15.9. The second-order valence-corrected chi connectivity index (χ2v) is 9.98. The third kappa shape index (κ3) is 4.55. The number of aliphatic hydroxyl groups excluding tert-OH is 1. The molecule has 1 amide bonds. The molecule has 1 fully saturated rings. The molecular formula is C25H33N5O3. The van der Waals surface area contributed by atoms with Gasteiger partial charge in [0.05, 0.1) is 32.1 Å². The van der Waals surface area contributed by atoms with Crippen LogP contribution in [-0.2, 0) is 22.4 Å². The lowest BCUT2D eigenvalue weighted by Crippen LogP contribution is -2.45. The lowest BCUT2D eigenvalue weighted by atomic mass is 9.76. The zero-order chi connectivity index (χ0) is 23.0. The number of anilines is 1. The van der Waals surface area contributed by atoms with Crippen LogP contribution in [0.25, 0.3) is 22.3 Å². The van der Waals surface area contributed by atoms with E-state index >= 15 is 0 Å². The van der Waals surface area contributed by atoms with Gasteiger partial charge in [0.15, 0.2) is 0 Å². The average molecular weight is 452 g/mol. The maximum Gasteiger partial charge on any atom is 0.241 e. The van der Waals surface area contributed by atoms with Crippen LogP contribution in [0.15, 0.2) is 24.3 Å².